The molecule has 0 spiro atoms. The van der Waals surface area contributed by atoms with Crippen molar-refractivity contribution in [1.82, 2.24) is 25.0 Å². The van der Waals surface area contributed by atoms with E-state index in [1.54, 1.807) is 0 Å². The minimum Gasteiger partial charge on any atom is -0.381 e. The highest BCUT2D eigenvalue weighted by Crippen LogP contribution is 2.20. The third kappa shape index (κ3) is 5.08. The molecule has 152 valence electrons. The summed E-state index contributed by atoms with van der Waals surface area (Å²) in [4.78, 5) is 15.1. The summed E-state index contributed by atoms with van der Waals surface area (Å²) in [6.07, 6.45) is 5.01. The van der Waals surface area contributed by atoms with Crippen LogP contribution in [0.3, 0.4) is 0 Å². The normalized spacial score (nSPS) is 20.3. The Bertz CT molecular complexity index is 608. The molecule has 0 bridgehead atoms. The van der Waals surface area contributed by atoms with Crippen LogP contribution in [0.25, 0.3) is 0 Å². The molecule has 1 fully saturated rings. The summed E-state index contributed by atoms with van der Waals surface area (Å²) in [7, 11) is 0. The summed E-state index contributed by atoms with van der Waals surface area (Å²) in [5, 5.41) is 12.0. The quantitative estimate of drug-likeness (QED) is 0.788. The van der Waals surface area contributed by atoms with E-state index < -0.39 is 0 Å². The number of nitrogens with zero attached hydrogens (tertiary/aromatic N) is 4. The Hall–Kier alpha value is -1.47. The molecule has 0 aromatic carbocycles. The van der Waals surface area contributed by atoms with E-state index in [-0.39, 0.29) is 17.9 Å². The van der Waals surface area contributed by atoms with E-state index in [0.717, 1.165) is 63.0 Å². The van der Waals surface area contributed by atoms with Crippen LogP contribution >= 0.6 is 0 Å². The van der Waals surface area contributed by atoms with Gasteiger partial charge in [-0.05, 0) is 25.7 Å². The second-order valence-electron chi connectivity index (χ2n) is 7.98. The maximum atomic E-state index is 12.5. The molecule has 7 nitrogen and oxygen atoms in total. The molecule has 3 rings (SSSR count). The summed E-state index contributed by atoms with van der Waals surface area (Å²) >= 11 is 0. The van der Waals surface area contributed by atoms with Gasteiger partial charge in [0.1, 0.15) is 5.82 Å². The molecule has 1 amide bonds. The molecule has 2 aliphatic heterocycles. The predicted molar refractivity (Wildman–Crippen MR) is 104 cm³/mol. The van der Waals surface area contributed by atoms with Gasteiger partial charge in [-0.2, -0.15) is 0 Å². The van der Waals surface area contributed by atoms with Crippen molar-refractivity contribution in [3.8, 4) is 0 Å². The fourth-order valence-electron chi connectivity index (χ4n) is 4.16. The Labute approximate surface area is 162 Å². The zero-order valence-corrected chi connectivity index (χ0v) is 17.1. The standard InChI is InChI=1S/C20H35N5O2/c1-4-16(5-2)14-24-9-6-18-22-23-19(25(18)11-10-24)15(3)21-20(26)17-7-12-27-13-8-17/h15-17H,4-14H2,1-3H3,(H,21,26). The average molecular weight is 378 g/mol. The number of fused-ring (bicyclic) bond motifs is 1. The lowest BCUT2D eigenvalue weighted by Crippen LogP contribution is -2.37. The zero-order valence-electron chi connectivity index (χ0n) is 17.1. The topological polar surface area (TPSA) is 72.3 Å². The number of hydrogen-bond acceptors (Lipinski definition) is 5. The molecular formula is C20H35N5O2. The lowest BCUT2D eigenvalue weighted by atomic mass is 9.99. The molecule has 3 heterocycles. The molecule has 27 heavy (non-hydrogen) atoms. The van der Waals surface area contributed by atoms with Crippen LogP contribution in [0.15, 0.2) is 0 Å². The Morgan fingerprint density at radius 2 is 1.93 bits per heavy atom. The number of hydrogen-bond donors (Lipinski definition) is 1. The number of carbonyl (C=O) groups excluding carboxylic acids is 1. The molecular weight excluding hydrogens is 342 g/mol. The summed E-state index contributed by atoms with van der Waals surface area (Å²) in [5.74, 6) is 2.88. The second kappa shape index (κ2) is 9.64. The van der Waals surface area contributed by atoms with E-state index in [0.29, 0.717) is 13.2 Å². The predicted octanol–water partition coefficient (Wildman–Crippen LogP) is 2.18. The Balaban J connectivity index is 1.60. The highest BCUT2D eigenvalue weighted by atomic mass is 16.5. The Kier molecular flexibility index (Phi) is 7.24. The zero-order chi connectivity index (χ0) is 19.2. The van der Waals surface area contributed by atoms with Gasteiger partial charge in [0.05, 0.1) is 6.04 Å². The van der Waals surface area contributed by atoms with Gasteiger partial charge in [-0.3, -0.25) is 4.79 Å². The third-order valence-corrected chi connectivity index (χ3v) is 6.16. The highest BCUT2D eigenvalue weighted by molar-refractivity contribution is 5.79. The molecule has 0 saturated carbocycles. The van der Waals surface area contributed by atoms with Crippen molar-refractivity contribution in [2.75, 3.05) is 32.8 Å². The van der Waals surface area contributed by atoms with Crippen molar-refractivity contribution >= 4 is 5.91 Å². The maximum Gasteiger partial charge on any atom is 0.223 e. The molecule has 0 aliphatic carbocycles. The van der Waals surface area contributed by atoms with Gasteiger partial charge in [-0.1, -0.05) is 26.7 Å². The van der Waals surface area contributed by atoms with Gasteiger partial charge in [0.25, 0.3) is 0 Å². The average Bonchev–Trinajstić information content (AvgIpc) is 3.01. The minimum absolute atomic E-state index is 0.0586. The van der Waals surface area contributed by atoms with Gasteiger partial charge in [-0.25, -0.2) is 0 Å². The summed E-state index contributed by atoms with van der Waals surface area (Å²) < 4.78 is 7.58. The van der Waals surface area contributed by atoms with Crippen LogP contribution in [-0.2, 0) is 22.5 Å². The molecule has 1 aromatic heterocycles. The molecule has 1 saturated heterocycles. The second-order valence-corrected chi connectivity index (χ2v) is 7.98. The Morgan fingerprint density at radius 1 is 1.19 bits per heavy atom. The third-order valence-electron chi connectivity index (χ3n) is 6.16. The molecule has 0 radical (unpaired) electrons. The minimum atomic E-state index is -0.118. The first-order valence-corrected chi connectivity index (χ1v) is 10.6. The largest absolute Gasteiger partial charge is 0.381 e. The highest BCUT2D eigenvalue weighted by Gasteiger charge is 2.26. The fraction of sp³-hybridized carbons (Fsp3) is 0.850. The SMILES string of the molecule is CCC(CC)CN1CCc2nnc(C(C)NC(=O)C3CCOCC3)n2CC1. The van der Waals surface area contributed by atoms with Crippen molar-refractivity contribution in [3.05, 3.63) is 11.6 Å². The van der Waals surface area contributed by atoms with Gasteiger partial charge in [-0.15, -0.1) is 10.2 Å². The monoisotopic (exact) mass is 377 g/mol. The van der Waals surface area contributed by atoms with E-state index in [1.807, 2.05) is 6.92 Å². The Morgan fingerprint density at radius 3 is 2.63 bits per heavy atom. The van der Waals surface area contributed by atoms with Crippen molar-refractivity contribution < 1.29 is 9.53 Å². The summed E-state index contributed by atoms with van der Waals surface area (Å²) in [5.41, 5.74) is 0. The lowest BCUT2D eigenvalue weighted by molar-refractivity contribution is -0.128. The van der Waals surface area contributed by atoms with Gasteiger partial charge in [0, 0.05) is 51.7 Å². The molecule has 2 aliphatic rings. The lowest BCUT2D eigenvalue weighted by Gasteiger charge is -2.25. The van der Waals surface area contributed by atoms with Crippen molar-refractivity contribution in [3.63, 3.8) is 0 Å². The number of nitrogens with one attached hydrogen (secondary N) is 1. The van der Waals surface area contributed by atoms with Crippen LogP contribution in [0.5, 0.6) is 0 Å². The van der Waals surface area contributed by atoms with Crippen molar-refractivity contribution in [1.29, 1.82) is 0 Å². The summed E-state index contributed by atoms with van der Waals surface area (Å²) in [6.45, 7) is 12.1. The van der Waals surface area contributed by atoms with Crippen molar-refractivity contribution in [2.24, 2.45) is 11.8 Å². The van der Waals surface area contributed by atoms with E-state index >= 15 is 0 Å². The van der Waals surface area contributed by atoms with E-state index in [9.17, 15) is 4.79 Å². The van der Waals surface area contributed by atoms with Gasteiger partial charge in [0.2, 0.25) is 5.91 Å². The number of amides is 1. The van der Waals surface area contributed by atoms with E-state index in [2.05, 4.69) is 38.8 Å². The molecule has 1 atom stereocenters. The molecule has 1 aromatic rings. The van der Waals surface area contributed by atoms with Gasteiger partial charge in [0.15, 0.2) is 5.82 Å². The van der Waals surface area contributed by atoms with Crippen LogP contribution in [-0.4, -0.2) is 58.4 Å². The summed E-state index contributed by atoms with van der Waals surface area (Å²) in [6, 6.07) is -0.118. The number of carbonyl (C=O) groups is 1. The van der Waals surface area contributed by atoms with Gasteiger partial charge >= 0.3 is 0 Å². The first kappa shape index (κ1) is 20.3. The first-order chi connectivity index (χ1) is 13.1. The van der Waals surface area contributed by atoms with E-state index in [4.69, 9.17) is 4.74 Å². The van der Waals surface area contributed by atoms with Crippen LogP contribution in [0.2, 0.25) is 0 Å². The van der Waals surface area contributed by atoms with Gasteiger partial charge < -0.3 is 19.5 Å². The maximum absolute atomic E-state index is 12.5. The first-order valence-electron chi connectivity index (χ1n) is 10.6. The molecule has 7 heteroatoms. The molecule has 1 N–H and O–H groups in total. The number of rotatable bonds is 7. The van der Waals surface area contributed by atoms with Crippen molar-refractivity contribution in [2.45, 2.75) is 65.5 Å². The van der Waals surface area contributed by atoms with Crippen LogP contribution in [0, 0.1) is 11.8 Å². The number of aromatic nitrogens is 3. The van der Waals surface area contributed by atoms with Crippen LogP contribution in [0.4, 0.5) is 0 Å². The van der Waals surface area contributed by atoms with E-state index in [1.165, 1.54) is 12.8 Å². The van der Waals surface area contributed by atoms with Crippen LogP contribution < -0.4 is 5.32 Å². The number of ether oxygens (including phenoxy) is 1. The molecule has 1 unspecified atom stereocenters. The smallest absolute Gasteiger partial charge is 0.223 e. The fourth-order valence-corrected chi connectivity index (χ4v) is 4.16. The van der Waals surface area contributed by atoms with Crippen LogP contribution in [0.1, 0.15) is 64.1 Å².